The van der Waals surface area contributed by atoms with Crippen molar-refractivity contribution in [2.45, 2.75) is 25.3 Å². The summed E-state index contributed by atoms with van der Waals surface area (Å²) in [4.78, 5) is 24.4. The summed E-state index contributed by atoms with van der Waals surface area (Å²) in [5.41, 5.74) is 6.90. The lowest BCUT2D eigenvalue weighted by molar-refractivity contribution is -0.123. The van der Waals surface area contributed by atoms with E-state index in [-0.39, 0.29) is 23.6 Å². The molecule has 0 fully saturated rings. The Labute approximate surface area is 193 Å². The highest BCUT2D eigenvalue weighted by Gasteiger charge is 2.19. The van der Waals surface area contributed by atoms with Crippen molar-refractivity contribution >= 4 is 21.8 Å². The number of rotatable bonds is 8. The van der Waals surface area contributed by atoms with Crippen molar-refractivity contribution in [3.8, 4) is 5.75 Å². The van der Waals surface area contributed by atoms with Crippen LogP contribution in [0.2, 0.25) is 0 Å². The zero-order valence-corrected chi connectivity index (χ0v) is 19.1. The van der Waals surface area contributed by atoms with Gasteiger partial charge in [0, 0.05) is 12.1 Å². The van der Waals surface area contributed by atoms with Crippen LogP contribution in [0.4, 0.5) is 0 Å². The molecule has 3 aromatic carbocycles. The third kappa shape index (κ3) is 6.90. The van der Waals surface area contributed by atoms with E-state index in [9.17, 15) is 18.0 Å². The summed E-state index contributed by atoms with van der Waals surface area (Å²) < 4.78 is 33.5. The zero-order chi connectivity index (χ0) is 23.8. The van der Waals surface area contributed by atoms with E-state index < -0.39 is 21.8 Å². The summed E-state index contributed by atoms with van der Waals surface area (Å²) in [5, 5.41) is 0. The predicted molar refractivity (Wildman–Crippen MR) is 124 cm³/mol. The Morgan fingerprint density at radius 3 is 2.36 bits per heavy atom. The second-order valence-corrected chi connectivity index (χ2v) is 9.13. The van der Waals surface area contributed by atoms with Crippen molar-refractivity contribution in [1.29, 1.82) is 0 Å². The average Bonchev–Trinajstić information content (AvgIpc) is 2.81. The maximum atomic E-state index is 12.8. The molecule has 0 atom stereocenters. The quantitative estimate of drug-likeness (QED) is 0.441. The Kier molecular flexibility index (Phi) is 7.81. The Bertz CT molecular complexity index is 1240. The summed E-state index contributed by atoms with van der Waals surface area (Å²) in [6, 6.07) is 20.6. The Hall–Kier alpha value is -3.69. The molecule has 172 valence electrons. The molecule has 3 rings (SSSR count). The van der Waals surface area contributed by atoms with Gasteiger partial charge >= 0.3 is 0 Å². The number of hydrogen-bond donors (Lipinski definition) is 3. The molecule has 0 bridgehead atoms. The van der Waals surface area contributed by atoms with Crippen molar-refractivity contribution in [1.82, 2.24) is 15.6 Å². The molecule has 2 amide bonds. The van der Waals surface area contributed by atoms with Crippen molar-refractivity contribution in [2.24, 2.45) is 0 Å². The van der Waals surface area contributed by atoms with Crippen LogP contribution in [0, 0.1) is 13.8 Å². The molecule has 0 saturated heterocycles. The van der Waals surface area contributed by atoms with E-state index in [0.717, 1.165) is 11.1 Å². The highest BCUT2D eigenvalue weighted by molar-refractivity contribution is 7.89. The van der Waals surface area contributed by atoms with Crippen LogP contribution in [0.15, 0.2) is 77.7 Å². The third-order valence-corrected chi connectivity index (χ3v) is 6.27. The molecule has 3 aromatic rings. The normalized spacial score (nSPS) is 11.0. The molecule has 8 nitrogen and oxygen atoms in total. The van der Waals surface area contributed by atoms with E-state index in [1.807, 2.05) is 49.4 Å². The topological polar surface area (TPSA) is 114 Å². The number of carbonyl (C=O) groups is 2. The van der Waals surface area contributed by atoms with Gasteiger partial charge in [-0.1, -0.05) is 48.5 Å². The van der Waals surface area contributed by atoms with E-state index in [4.69, 9.17) is 4.74 Å². The van der Waals surface area contributed by atoms with Gasteiger partial charge in [0.05, 0.1) is 4.90 Å². The number of hydrazine groups is 1. The standard InChI is InChI=1S/C24H25N3O5S/c1-17-7-6-10-21(13-17)32-16-23(28)26-27-24(29)20-12-11-18(2)22(14-20)33(30,31)25-15-19-8-4-3-5-9-19/h3-14,25H,15-16H2,1-2H3,(H,26,28)(H,27,29). The molecular formula is C24H25N3O5S. The number of aryl methyl sites for hydroxylation is 2. The zero-order valence-electron chi connectivity index (χ0n) is 18.3. The molecule has 0 saturated carbocycles. The van der Waals surface area contributed by atoms with Gasteiger partial charge in [0.1, 0.15) is 5.75 Å². The largest absolute Gasteiger partial charge is 0.484 e. The summed E-state index contributed by atoms with van der Waals surface area (Å²) in [6.45, 7) is 3.38. The first-order chi connectivity index (χ1) is 15.7. The fourth-order valence-corrected chi connectivity index (χ4v) is 4.26. The predicted octanol–water partition coefficient (Wildman–Crippen LogP) is 2.62. The van der Waals surface area contributed by atoms with Gasteiger partial charge in [-0.3, -0.25) is 20.4 Å². The lowest BCUT2D eigenvalue weighted by atomic mass is 10.1. The first kappa shape index (κ1) is 24.0. The summed E-state index contributed by atoms with van der Waals surface area (Å²) in [5.74, 6) is -0.680. The number of ether oxygens (including phenoxy) is 1. The molecule has 0 aliphatic rings. The molecule has 0 aliphatic heterocycles. The van der Waals surface area contributed by atoms with Crippen molar-refractivity contribution in [3.63, 3.8) is 0 Å². The highest BCUT2D eigenvalue weighted by Crippen LogP contribution is 2.18. The number of carbonyl (C=O) groups excluding carboxylic acids is 2. The second kappa shape index (κ2) is 10.8. The second-order valence-electron chi connectivity index (χ2n) is 7.40. The SMILES string of the molecule is Cc1cccc(OCC(=O)NNC(=O)c2ccc(C)c(S(=O)(=O)NCc3ccccc3)c2)c1. The fourth-order valence-electron chi connectivity index (χ4n) is 2.97. The monoisotopic (exact) mass is 467 g/mol. The van der Waals surface area contributed by atoms with Crippen LogP contribution in [-0.2, 0) is 21.4 Å². The van der Waals surface area contributed by atoms with Gasteiger partial charge in [0.2, 0.25) is 10.0 Å². The number of nitrogens with one attached hydrogen (secondary N) is 3. The molecule has 33 heavy (non-hydrogen) atoms. The molecular weight excluding hydrogens is 442 g/mol. The number of benzene rings is 3. The minimum Gasteiger partial charge on any atom is -0.484 e. The van der Waals surface area contributed by atoms with Gasteiger partial charge < -0.3 is 4.74 Å². The lowest BCUT2D eigenvalue weighted by Gasteiger charge is -2.12. The first-order valence-electron chi connectivity index (χ1n) is 10.2. The highest BCUT2D eigenvalue weighted by atomic mass is 32.2. The maximum absolute atomic E-state index is 12.8. The van der Waals surface area contributed by atoms with Crippen molar-refractivity contribution in [3.05, 3.63) is 95.1 Å². The number of amides is 2. The summed E-state index contributed by atoms with van der Waals surface area (Å²) in [6.07, 6.45) is 0. The third-order valence-electron chi connectivity index (χ3n) is 4.72. The van der Waals surface area contributed by atoms with Gasteiger partial charge in [-0.05, 0) is 54.8 Å². The van der Waals surface area contributed by atoms with E-state index >= 15 is 0 Å². The lowest BCUT2D eigenvalue weighted by Crippen LogP contribution is -2.43. The fraction of sp³-hybridized carbons (Fsp3) is 0.167. The Morgan fingerprint density at radius 2 is 1.64 bits per heavy atom. The van der Waals surface area contributed by atoms with Crippen LogP contribution in [0.3, 0.4) is 0 Å². The molecule has 0 unspecified atom stereocenters. The van der Waals surface area contributed by atoms with E-state index in [1.165, 1.54) is 18.2 Å². The summed E-state index contributed by atoms with van der Waals surface area (Å²) in [7, 11) is -3.86. The van der Waals surface area contributed by atoms with Crippen LogP contribution in [0.1, 0.15) is 27.0 Å². The van der Waals surface area contributed by atoms with Crippen LogP contribution in [0.5, 0.6) is 5.75 Å². The Balaban J connectivity index is 1.59. The van der Waals surface area contributed by atoms with Gasteiger partial charge in [0.25, 0.3) is 11.8 Å². The molecule has 0 aromatic heterocycles. The van der Waals surface area contributed by atoms with Crippen LogP contribution >= 0.6 is 0 Å². The van der Waals surface area contributed by atoms with Crippen LogP contribution in [0.25, 0.3) is 0 Å². The van der Waals surface area contributed by atoms with Gasteiger partial charge in [-0.15, -0.1) is 0 Å². The Morgan fingerprint density at radius 1 is 0.879 bits per heavy atom. The van der Waals surface area contributed by atoms with Crippen LogP contribution in [-0.4, -0.2) is 26.8 Å². The van der Waals surface area contributed by atoms with E-state index in [2.05, 4.69) is 15.6 Å². The first-order valence-corrected chi connectivity index (χ1v) is 11.7. The summed E-state index contributed by atoms with van der Waals surface area (Å²) >= 11 is 0. The van der Waals surface area contributed by atoms with E-state index in [0.29, 0.717) is 11.3 Å². The van der Waals surface area contributed by atoms with Crippen LogP contribution < -0.4 is 20.3 Å². The van der Waals surface area contributed by atoms with Crippen molar-refractivity contribution < 1.29 is 22.7 Å². The average molecular weight is 468 g/mol. The molecule has 0 spiro atoms. The minimum absolute atomic E-state index is 0.0137. The van der Waals surface area contributed by atoms with E-state index in [1.54, 1.807) is 19.1 Å². The maximum Gasteiger partial charge on any atom is 0.276 e. The molecule has 9 heteroatoms. The number of sulfonamides is 1. The van der Waals surface area contributed by atoms with Crippen molar-refractivity contribution in [2.75, 3.05) is 6.61 Å². The molecule has 0 aliphatic carbocycles. The smallest absolute Gasteiger partial charge is 0.276 e. The van der Waals surface area contributed by atoms with Gasteiger partial charge in [-0.25, -0.2) is 13.1 Å². The molecule has 0 heterocycles. The number of hydrogen-bond acceptors (Lipinski definition) is 5. The van der Waals surface area contributed by atoms with Gasteiger partial charge in [0.15, 0.2) is 6.61 Å². The molecule has 0 radical (unpaired) electrons. The van der Waals surface area contributed by atoms with Gasteiger partial charge in [-0.2, -0.15) is 0 Å². The minimum atomic E-state index is -3.86. The molecule has 3 N–H and O–H groups in total.